The molecule has 0 aliphatic carbocycles. The molecule has 0 aromatic heterocycles. The Kier molecular flexibility index (Phi) is 3.63. The number of carbonyl (C=O) groups excluding carboxylic acids is 1. The molecule has 1 amide bonds. The fraction of sp³-hybridized carbons (Fsp3) is 0.300. The van der Waals surface area contributed by atoms with Crippen LogP contribution in [0, 0.1) is 0 Å². The molecule has 8 heteroatoms. The maximum Gasteiger partial charge on any atom is 0.407 e. The number of rotatable bonds is 4. The van der Waals surface area contributed by atoms with Gasteiger partial charge in [-0.05, 0) is 24.3 Å². The van der Waals surface area contributed by atoms with Gasteiger partial charge in [-0.25, -0.2) is 13.2 Å². The van der Waals surface area contributed by atoms with Crippen LogP contribution in [-0.4, -0.2) is 33.8 Å². The van der Waals surface area contributed by atoms with Crippen LogP contribution in [0.5, 0.6) is 5.75 Å². The van der Waals surface area contributed by atoms with Gasteiger partial charge in [0.1, 0.15) is 12.4 Å². The number of ether oxygens (including phenoxy) is 2. The zero-order valence-corrected chi connectivity index (χ0v) is 10.7. The van der Waals surface area contributed by atoms with Crippen LogP contribution < -0.4 is 10.1 Å². The standard InChI is InChI=1S/C10H10ClNO5S/c11-18(14,15)9-3-1-7(2-4-9)16-6-8-5-12-10(13)17-8/h1-4,8H,5-6H2,(H,12,13). The lowest BCUT2D eigenvalue weighted by Gasteiger charge is -2.10. The van der Waals surface area contributed by atoms with Gasteiger partial charge in [0.25, 0.3) is 9.05 Å². The highest BCUT2D eigenvalue weighted by Crippen LogP contribution is 2.19. The second kappa shape index (κ2) is 5.03. The fourth-order valence-corrected chi connectivity index (χ4v) is 2.18. The number of amides is 1. The predicted octanol–water partition coefficient (Wildman–Crippen LogP) is 1.10. The molecule has 1 aromatic rings. The van der Waals surface area contributed by atoms with Gasteiger partial charge in [-0.15, -0.1) is 0 Å². The normalized spacial score (nSPS) is 19.2. The van der Waals surface area contributed by atoms with Crippen molar-refractivity contribution in [2.24, 2.45) is 0 Å². The van der Waals surface area contributed by atoms with E-state index in [2.05, 4.69) is 5.32 Å². The fourth-order valence-electron chi connectivity index (χ4n) is 1.41. The zero-order chi connectivity index (χ0) is 13.2. The lowest BCUT2D eigenvalue weighted by atomic mass is 10.3. The van der Waals surface area contributed by atoms with E-state index in [1.54, 1.807) is 0 Å². The van der Waals surface area contributed by atoms with Gasteiger partial charge in [0.15, 0.2) is 6.10 Å². The first-order valence-corrected chi connectivity index (χ1v) is 7.38. The summed E-state index contributed by atoms with van der Waals surface area (Å²) in [5, 5.41) is 2.50. The maximum atomic E-state index is 11.0. The summed E-state index contributed by atoms with van der Waals surface area (Å²) in [7, 11) is 1.45. The van der Waals surface area contributed by atoms with E-state index in [1.807, 2.05) is 0 Å². The minimum Gasteiger partial charge on any atom is -0.490 e. The van der Waals surface area contributed by atoms with Gasteiger partial charge >= 0.3 is 6.09 Å². The summed E-state index contributed by atoms with van der Waals surface area (Å²) >= 11 is 0. The molecule has 1 saturated heterocycles. The number of alkyl carbamates (subject to hydrolysis) is 1. The molecular formula is C10H10ClNO5S. The Labute approximate surface area is 108 Å². The Morgan fingerprint density at radius 3 is 2.56 bits per heavy atom. The topological polar surface area (TPSA) is 81.7 Å². The molecule has 0 saturated carbocycles. The third-order valence-electron chi connectivity index (χ3n) is 2.29. The molecule has 1 atom stereocenters. The molecule has 1 aliphatic heterocycles. The quantitative estimate of drug-likeness (QED) is 0.840. The van der Waals surface area contributed by atoms with E-state index in [1.165, 1.54) is 24.3 Å². The van der Waals surface area contributed by atoms with Crippen molar-refractivity contribution in [3.8, 4) is 5.75 Å². The van der Waals surface area contributed by atoms with Crippen LogP contribution in [0.2, 0.25) is 0 Å². The number of carbonyl (C=O) groups is 1. The summed E-state index contributed by atoms with van der Waals surface area (Å²) in [5.41, 5.74) is 0. The van der Waals surface area contributed by atoms with Crippen molar-refractivity contribution < 1.29 is 22.7 Å². The minimum absolute atomic E-state index is 0.00507. The van der Waals surface area contributed by atoms with Crippen LogP contribution in [-0.2, 0) is 13.8 Å². The van der Waals surface area contributed by atoms with E-state index in [0.29, 0.717) is 12.3 Å². The van der Waals surface area contributed by atoms with E-state index >= 15 is 0 Å². The molecule has 1 aliphatic rings. The first-order valence-electron chi connectivity index (χ1n) is 5.07. The molecule has 1 heterocycles. The minimum atomic E-state index is -3.72. The van der Waals surface area contributed by atoms with Crippen LogP contribution in [0.4, 0.5) is 4.79 Å². The Balaban J connectivity index is 1.93. The molecule has 0 bridgehead atoms. The summed E-state index contributed by atoms with van der Waals surface area (Å²) in [6.45, 7) is 0.596. The van der Waals surface area contributed by atoms with Crippen molar-refractivity contribution >= 4 is 25.8 Å². The highest BCUT2D eigenvalue weighted by Gasteiger charge is 2.22. The number of cyclic esters (lactones) is 1. The van der Waals surface area contributed by atoms with Crippen molar-refractivity contribution in [2.75, 3.05) is 13.2 Å². The van der Waals surface area contributed by atoms with Gasteiger partial charge in [0.05, 0.1) is 11.4 Å². The summed E-state index contributed by atoms with van der Waals surface area (Å²) in [4.78, 5) is 10.8. The molecular weight excluding hydrogens is 282 g/mol. The van der Waals surface area contributed by atoms with Gasteiger partial charge in [-0.1, -0.05) is 0 Å². The average Bonchev–Trinajstić information content (AvgIpc) is 2.72. The highest BCUT2D eigenvalue weighted by atomic mass is 35.7. The van der Waals surface area contributed by atoms with Crippen molar-refractivity contribution in [1.29, 1.82) is 0 Å². The van der Waals surface area contributed by atoms with E-state index in [4.69, 9.17) is 20.2 Å². The number of benzene rings is 1. The van der Waals surface area contributed by atoms with Crippen LogP contribution in [0.1, 0.15) is 0 Å². The molecule has 1 unspecified atom stereocenters. The number of nitrogens with one attached hydrogen (secondary N) is 1. The van der Waals surface area contributed by atoms with E-state index in [-0.39, 0.29) is 17.6 Å². The van der Waals surface area contributed by atoms with Crippen molar-refractivity contribution in [3.63, 3.8) is 0 Å². The molecule has 0 radical (unpaired) electrons. The van der Waals surface area contributed by atoms with Gasteiger partial charge in [-0.2, -0.15) is 0 Å². The largest absolute Gasteiger partial charge is 0.490 e. The van der Waals surface area contributed by atoms with E-state index in [9.17, 15) is 13.2 Å². The van der Waals surface area contributed by atoms with Gasteiger partial charge < -0.3 is 14.8 Å². The van der Waals surface area contributed by atoms with Crippen molar-refractivity contribution in [1.82, 2.24) is 5.32 Å². The van der Waals surface area contributed by atoms with Gasteiger partial charge in [-0.3, -0.25) is 0 Å². The number of hydrogen-bond donors (Lipinski definition) is 1. The Bertz CT molecular complexity index is 542. The summed E-state index contributed by atoms with van der Waals surface area (Å²) in [6.07, 6.45) is -0.805. The second-order valence-electron chi connectivity index (χ2n) is 3.63. The number of hydrogen-bond acceptors (Lipinski definition) is 5. The average molecular weight is 292 g/mol. The summed E-state index contributed by atoms with van der Waals surface area (Å²) < 4.78 is 32.2. The highest BCUT2D eigenvalue weighted by molar-refractivity contribution is 8.13. The smallest absolute Gasteiger partial charge is 0.407 e. The Morgan fingerprint density at radius 1 is 1.39 bits per heavy atom. The first kappa shape index (κ1) is 13.0. The van der Waals surface area contributed by atoms with E-state index in [0.717, 1.165) is 0 Å². The lowest BCUT2D eigenvalue weighted by molar-refractivity contribution is 0.105. The van der Waals surface area contributed by atoms with Crippen LogP contribution >= 0.6 is 10.7 Å². The second-order valence-corrected chi connectivity index (χ2v) is 6.19. The Morgan fingerprint density at radius 2 is 2.06 bits per heavy atom. The molecule has 6 nitrogen and oxygen atoms in total. The first-order chi connectivity index (χ1) is 8.45. The van der Waals surface area contributed by atoms with Gasteiger partial charge in [0.2, 0.25) is 0 Å². The van der Waals surface area contributed by atoms with E-state index < -0.39 is 15.1 Å². The molecule has 0 spiro atoms. The van der Waals surface area contributed by atoms with Gasteiger partial charge in [0, 0.05) is 10.7 Å². The number of halogens is 1. The van der Waals surface area contributed by atoms with Crippen molar-refractivity contribution in [3.05, 3.63) is 24.3 Å². The maximum absolute atomic E-state index is 11.0. The summed E-state index contributed by atoms with van der Waals surface area (Å²) in [5.74, 6) is 0.474. The predicted molar refractivity (Wildman–Crippen MR) is 63.2 cm³/mol. The van der Waals surface area contributed by atoms with Crippen LogP contribution in [0.3, 0.4) is 0 Å². The lowest BCUT2D eigenvalue weighted by Crippen LogP contribution is -2.21. The van der Waals surface area contributed by atoms with Crippen molar-refractivity contribution in [2.45, 2.75) is 11.0 Å². The molecule has 18 heavy (non-hydrogen) atoms. The SMILES string of the molecule is O=C1NCC(COc2ccc(S(=O)(=O)Cl)cc2)O1. The van der Waals surface area contributed by atoms with Crippen LogP contribution in [0.15, 0.2) is 29.2 Å². The zero-order valence-electron chi connectivity index (χ0n) is 9.13. The van der Waals surface area contributed by atoms with Crippen LogP contribution in [0.25, 0.3) is 0 Å². The molecule has 1 fully saturated rings. The summed E-state index contributed by atoms with van der Waals surface area (Å²) in [6, 6.07) is 5.66. The third-order valence-corrected chi connectivity index (χ3v) is 3.66. The molecule has 1 aromatic carbocycles. The third kappa shape index (κ3) is 3.27. The molecule has 1 N–H and O–H groups in total. The Hall–Kier alpha value is -1.47. The molecule has 2 rings (SSSR count). The molecule has 98 valence electrons. The monoisotopic (exact) mass is 291 g/mol.